The van der Waals surface area contributed by atoms with Gasteiger partial charge in [0.1, 0.15) is 0 Å². The van der Waals surface area contributed by atoms with Crippen molar-refractivity contribution in [1.82, 2.24) is 10.6 Å². The van der Waals surface area contributed by atoms with Crippen molar-refractivity contribution in [2.75, 3.05) is 19.6 Å². The van der Waals surface area contributed by atoms with E-state index in [4.69, 9.17) is 0 Å². The Morgan fingerprint density at radius 1 is 1.18 bits per heavy atom. The quantitative estimate of drug-likeness (QED) is 0.758. The van der Waals surface area contributed by atoms with E-state index in [9.17, 15) is 9.59 Å². The van der Waals surface area contributed by atoms with E-state index >= 15 is 0 Å². The fourth-order valence-corrected chi connectivity index (χ4v) is 2.67. The van der Waals surface area contributed by atoms with E-state index in [1.807, 2.05) is 18.2 Å². The Kier molecular flexibility index (Phi) is 8.78. The van der Waals surface area contributed by atoms with Gasteiger partial charge >= 0.3 is 0 Å². The molecule has 5 heteroatoms. The average molecular weight is 325 g/mol. The van der Waals surface area contributed by atoms with Gasteiger partial charge in [-0.3, -0.25) is 9.59 Å². The normalized spacial score (nSPS) is 17.4. The molecular formula is C17H25ClN2O2. The van der Waals surface area contributed by atoms with E-state index in [-0.39, 0.29) is 36.9 Å². The minimum absolute atomic E-state index is 0. The molecule has 0 aromatic heterocycles. The second kappa shape index (κ2) is 10.4. The Bertz CT molecular complexity index is 459. The maximum absolute atomic E-state index is 11.9. The van der Waals surface area contributed by atoms with E-state index in [1.54, 1.807) is 12.1 Å². The molecule has 1 aromatic rings. The first-order valence-electron chi connectivity index (χ1n) is 7.81. The molecule has 1 atom stereocenters. The molecule has 1 aliphatic heterocycles. The van der Waals surface area contributed by atoms with Crippen molar-refractivity contribution in [1.29, 1.82) is 0 Å². The lowest BCUT2D eigenvalue weighted by Crippen LogP contribution is -2.33. The van der Waals surface area contributed by atoms with Crippen LogP contribution in [0.2, 0.25) is 0 Å². The first kappa shape index (κ1) is 18.7. The second-order valence-corrected chi connectivity index (χ2v) is 5.64. The zero-order valence-electron chi connectivity index (χ0n) is 12.8. The molecule has 0 spiro atoms. The highest BCUT2D eigenvalue weighted by Crippen LogP contribution is 2.13. The van der Waals surface area contributed by atoms with Crippen LogP contribution in [0.5, 0.6) is 0 Å². The number of halogens is 1. The molecule has 0 radical (unpaired) electrons. The number of Topliss-reactive ketones (excluding diaryl/α,β-unsaturated/α-hetero) is 1. The van der Waals surface area contributed by atoms with Crippen LogP contribution < -0.4 is 10.6 Å². The van der Waals surface area contributed by atoms with Crippen LogP contribution in [0.15, 0.2) is 30.3 Å². The van der Waals surface area contributed by atoms with Crippen LogP contribution in [0.25, 0.3) is 0 Å². The Morgan fingerprint density at radius 2 is 1.95 bits per heavy atom. The zero-order valence-corrected chi connectivity index (χ0v) is 13.7. The molecule has 1 fully saturated rings. The van der Waals surface area contributed by atoms with Crippen LogP contribution in [0, 0.1) is 5.92 Å². The first-order valence-corrected chi connectivity index (χ1v) is 7.81. The summed E-state index contributed by atoms with van der Waals surface area (Å²) in [7, 11) is 0. The summed E-state index contributed by atoms with van der Waals surface area (Å²) in [5.74, 6) is 0.676. The maximum Gasteiger partial charge on any atom is 0.220 e. The van der Waals surface area contributed by atoms with Crippen molar-refractivity contribution in [3.8, 4) is 0 Å². The highest BCUT2D eigenvalue weighted by Gasteiger charge is 2.13. The van der Waals surface area contributed by atoms with Crippen molar-refractivity contribution >= 4 is 24.1 Å². The number of benzene rings is 1. The highest BCUT2D eigenvalue weighted by atomic mass is 35.5. The summed E-state index contributed by atoms with van der Waals surface area (Å²) in [5, 5.41) is 6.29. The summed E-state index contributed by atoms with van der Waals surface area (Å²) >= 11 is 0. The Morgan fingerprint density at radius 3 is 2.64 bits per heavy atom. The molecule has 2 N–H and O–H groups in total. The zero-order chi connectivity index (χ0) is 14.9. The Balaban J connectivity index is 0.00000242. The monoisotopic (exact) mass is 324 g/mol. The number of nitrogens with one attached hydrogen (secondary N) is 2. The fraction of sp³-hybridized carbons (Fsp3) is 0.529. The lowest BCUT2D eigenvalue weighted by molar-refractivity contribution is -0.121. The van der Waals surface area contributed by atoms with Crippen LogP contribution in [0.1, 0.15) is 42.5 Å². The molecule has 1 amide bonds. The van der Waals surface area contributed by atoms with Crippen LogP contribution >= 0.6 is 12.4 Å². The molecule has 22 heavy (non-hydrogen) atoms. The SMILES string of the molecule is Cl.O=C(CCC(=O)c1ccccc1)NCCC1CCCNC1. The van der Waals surface area contributed by atoms with Crippen molar-refractivity contribution < 1.29 is 9.59 Å². The average Bonchev–Trinajstić information content (AvgIpc) is 2.54. The molecule has 1 aliphatic rings. The number of amides is 1. The predicted molar refractivity (Wildman–Crippen MR) is 90.5 cm³/mol. The number of piperidine rings is 1. The minimum atomic E-state index is -0.0250. The van der Waals surface area contributed by atoms with Crippen molar-refractivity contribution in [2.45, 2.75) is 32.1 Å². The molecular weight excluding hydrogens is 300 g/mol. The fourth-order valence-electron chi connectivity index (χ4n) is 2.67. The molecule has 1 saturated heterocycles. The molecule has 0 bridgehead atoms. The lowest BCUT2D eigenvalue weighted by atomic mass is 9.96. The molecule has 4 nitrogen and oxygen atoms in total. The van der Waals surface area contributed by atoms with Gasteiger partial charge in [-0.1, -0.05) is 30.3 Å². The van der Waals surface area contributed by atoms with Crippen LogP contribution in [-0.4, -0.2) is 31.3 Å². The Labute approximate surface area is 138 Å². The third-order valence-corrected chi connectivity index (χ3v) is 3.95. The summed E-state index contributed by atoms with van der Waals surface area (Å²) in [6.07, 6.45) is 4.04. The van der Waals surface area contributed by atoms with Gasteiger partial charge in [-0.15, -0.1) is 12.4 Å². The van der Waals surface area contributed by atoms with Gasteiger partial charge in [-0.2, -0.15) is 0 Å². The van der Waals surface area contributed by atoms with Gasteiger partial charge in [-0.05, 0) is 38.3 Å². The summed E-state index contributed by atoms with van der Waals surface area (Å²) in [4.78, 5) is 23.6. The van der Waals surface area contributed by atoms with Crippen LogP contribution in [-0.2, 0) is 4.79 Å². The summed E-state index contributed by atoms with van der Waals surface area (Å²) in [6, 6.07) is 9.13. The summed E-state index contributed by atoms with van der Waals surface area (Å²) < 4.78 is 0. The van der Waals surface area contributed by atoms with Gasteiger partial charge in [0.05, 0.1) is 0 Å². The number of hydrogen-bond acceptors (Lipinski definition) is 3. The number of hydrogen-bond donors (Lipinski definition) is 2. The van der Waals surface area contributed by atoms with E-state index in [2.05, 4.69) is 10.6 Å². The van der Waals surface area contributed by atoms with Gasteiger partial charge in [0.2, 0.25) is 5.91 Å². The predicted octanol–water partition coefficient (Wildman–Crippen LogP) is 2.58. The third-order valence-electron chi connectivity index (χ3n) is 3.95. The molecule has 122 valence electrons. The van der Waals surface area contributed by atoms with Gasteiger partial charge in [-0.25, -0.2) is 0 Å². The number of ketones is 1. The lowest BCUT2D eigenvalue weighted by Gasteiger charge is -2.22. The van der Waals surface area contributed by atoms with Gasteiger partial charge in [0, 0.05) is 24.9 Å². The number of rotatable bonds is 7. The van der Waals surface area contributed by atoms with E-state index in [0.29, 0.717) is 18.0 Å². The molecule has 0 aliphatic carbocycles. The number of carbonyl (C=O) groups excluding carboxylic acids is 2. The van der Waals surface area contributed by atoms with Gasteiger partial charge < -0.3 is 10.6 Å². The minimum Gasteiger partial charge on any atom is -0.356 e. The third kappa shape index (κ3) is 6.58. The van der Waals surface area contributed by atoms with Crippen molar-refractivity contribution in [3.05, 3.63) is 35.9 Å². The van der Waals surface area contributed by atoms with Crippen LogP contribution in [0.3, 0.4) is 0 Å². The topological polar surface area (TPSA) is 58.2 Å². The van der Waals surface area contributed by atoms with Crippen molar-refractivity contribution in [3.63, 3.8) is 0 Å². The molecule has 0 saturated carbocycles. The molecule has 1 unspecified atom stereocenters. The van der Waals surface area contributed by atoms with Gasteiger partial charge in [0.15, 0.2) is 5.78 Å². The summed E-state index contributed by atoms with van der Waals surface area (Å²) in [6.45, 7) is 2.89. The highest BCUT2D eigenvalue weighted by molar-refractivity contribution is 5.97. The number of carbonyl (C=O) groups is 2. The van der Waals surface area contributed by atoms with Gasteiger partial charge in [0.25, 0.3) is 0 Å². The second-order valence-electron chi connectivity index (χ2n) is 5.64. The van der Waals surface area contributed by atoms with Crippen LogP contribution in [0.4, 0.5) is 0 Å². The molecule has 1 heterocycles. The largest absolute Gasteiger partial charge is 0.356 e. The van der Waals surface area contributed by atoms with E-state index < -0.39 is 0 Å². The maximum atomic E-state index is 11.9. The van der Waals surface area contributed by atoms with Crippen molar-refractivity contribution in [2.24, 2.45) is 5.92 Å². The summed E-state index contributed by atoms with van der Waals surface area (Å²) in [5.41, 5.74) is 0.679. The molecule has 1 aromatic carbocycles. The smallest absolute Gasteiger partial charge is 0.220 e. The van der Waals surface area contributed by atoms with E-state index in [0.717, 1.165) is 19.5 Å². The standard InChI is InChI=1S/C17H24N2O2.ClH/c20-16(15-6-2-1-3-7-15)8-9-17(21)19-12-10-14-5-4-11-18-13-14;/h1-3,6-7,14,18H,4-5,8-13H2,(H,19,21);1H. The van der Waals surface area contributed by atoms with E-state index in [1.165, 1.54) is 12.8 Å². The first-order chi connectivity index (χ1) is 10.3. The molecule has 2 rings (SSSR count). The Hall–Kier alpha value is -1.39.